The summed E-state index contributed by atoms with van der Waals surface area (Å²) in [5.41, 5.74) is 6.40. The molecule has 0 aliphatic heterocycles. The fourth-order valence-corrected chi connectivity index (χ4v) is 1.53. The predicted octanol–water partition coefficient (Wildman–Crippen LogP) is 1.90. The highest BCUT2D eigenvalue weighted by Crippen LogP contribution is 2.23. The van der Waals surface area contributed by atoms with Crippen molar-refractivity contribution in [1.29, 1.82) is 0 Å². The number of aliphatic hydroxyl groups excluding tert-OH is 1. The summed E-state index contributed by atoms with van der Waals surface area (Å²) in [6, 6.07) is 4.52. The minimum atomic E-state index is -0.435. The fraction of sp³-hybridized carbons (Fsp3) is 0.400. The van der Waals surface area contributed by atoms with Gasteiger partial charge in [0.2, 0.25) is 0 Å². The standard InChI is InChI=1S/C10H13ClFNO/c11-9-5-7(1-2-10(9)12)8(6-13)3-4-14/h1-2,5,8,14H,3-4,6,13H2. The summed E-state index contributed by atoms with van der Waals surface area (Å²) in [5.74, 6) is -0.395. The zero-order valence-electron chi connectivity index (χ0n) is 7.71. The molecule has 0 saturated heterocycles. The molecule has 0 spiro atoms. The highest BCUT2D eigenvalue weighted by molar-refractivity contribution is 6.30. The lowest BCUT2D eigenvalue weighted by atomic mass is 9.96. The summed E-state index contributed by atoms with van der Waals surface area (Å²) in [6.45, 7) is 0.485. The number of hydrogen-bond acceptors (Lipinski definition) is 2. The zero-order valence-corrected chi connectivity index (χ0v) is 8.47. The van der Waals surface area contributed by atoms with Gasteiger partial charge in [-0.25, -0.2) is 4.39 Å². The molecule has 0 bridgehead atoms. The Labute approximate surface area is 87.5 Å². The average Bonchev–Trinajstić information content (AvgIpc) is 2.19. The van der Waals surface area contributed by atoms with Crippen molar-refractivity contribution >= 4 is 11.6 Å². The van der Waals surface area contributed by atoms with E-state index >= 15 is 0 Å². The molecular formula is C10H13ClFNO. The second-order valence-electron chi connectivity index (χ2n) is 3.12. The quantitative estimate of drug-likeness (QED) is 0.809. The summed E-state index contributed by atoms with van der Waals surface area (Å²) in [6.07, 6.45) is 0.568. The molecule has 14 heavy (non-hydrogen) atoms. The summed E-state index contributed by atoms with van der Waals surface area (Å²) in [7, 11) is 0. The van der Waals surface area contributed by atoms with E-state index in [2.05, 4.69) is 0 Å². The summed E-state index contributed by atoms with van der Waals surface area (Å²) >= 11 is 5.64. The Hall–Kier alpha value is -0.640. The average molecular weight is 218 g/mol. The van der Waals surface area contributed by atoms with Crippen molar-refractivity contribution < 1.29 is 9.50 Å². The van der Waals surface area contributed by atoms with Crippen LogP contribution in [0.4, 0.5) is 4.39 Å². The molecule has 1 aromatic rings. The van der Waals surface area contributed by atoms with Gasteiger partial charge < -0.3 is 10.8 Å². The van der Waals surface area contributed by atoms with E-state index in [1.54, 1.807) is 12.1 Å². The Morgan fingerprint density at radius 2 is 2.21 bits per heavy atom. The third-order valence-electron chi connectivity index (χ3n) is 2.18. The van der Waals surface area contributed by atoms with Crippen LogP contribution in [0.15, 0.2) is 18.2 Å². The second-order valence-corrected chi connectivity index (χ2v) is 3.53. The molecule has 78 valence electrons. The van der Waals surface area contributed by atoms with Gasteiger partial charge in [-0.3, -0.25) is 0 Å². The first-order valence-corrected chi connectivity index (χ1v) is 4.82. The molecule has 0 heterocycles. The molecule has 0 saturated carbocycles. The van der Waals surface area contributed by atoms with Gasteiger partial charge in [0.1, 0.15) is 5.82 Å². The van der Waals surface area contributed by atoms with Crippen molar-refractivity contribution in [2.45, 2.75) is 12.3 Å². The van der Waals surface area contributed by atoms with E-state index in [4.69, 9.17) is 22.4 Å². The van der Waals surface area contributed by atoms with E-state index in [1.807, 2.05) is 0 Å². The molecule has 4 heteroatoms. The van der Waals surface area contributed by atoms with Gasteiger partial charge in [-0.15, -0.1) is 0 Å². The molecule has 3 N–H and O–H groups in total. The van der Waals surface area contributed by atoms with Gasteiger partial charge in [0, 0.05) is 6.61 Å². The van der Waals surface area contributed by atoms with E-state index in [1.165, 1.54) is 6.07 Å². The molecule has 1 rings (SSSR count). The fourth-order valence-electron chi connectivity index (χ4n) is 1.34. The van der Waals surface area contributed by atoms with E-state index in [-0.39, 0.29) is 17.5 Å². The van der Waals surface area contributed by atoms with Crippen molar-refractivity contribution in [1.82, 2.24) is 0 Å². The molecule has 1 aromatic carbocycles. The Morgan fingerprint density at radius 1 is 1.50 bits per heavy atom. The molecule has 0 amide bonds. The normalized spacial score (nSPS) is 12.9. The van der Waals surface area contributed by atoms with Crippen LogP contribution in [0.1, 0.15) is 17.9 Å². The monoisotopic (exact) mass is 217 g/mol. The maximum Gasteiger partial charge on any atom is 0.141 e. The summed E-state index contributed by atoms with van der Waals surface area (Å²) in [5, 5.41) is 8.89. The Bertz CT molecular complexity index is 306. The Morgan fingerprint density at radius 3 is 2.71 bits per heavy atom. The molecule has 0 radical (unpaired) electrons. The minimum Gasteiger partial charge on any atom is -0.396 e. The third kappa shape index (κ3) is 2.67. The zero-order chi connectivity index (χ0) is 10.6. The molecule has 1 unspecified atom stereocenters. The van der Waals surface area contributed by atoms with Crippen molar-refractivity contribution in [3.05, 3.63) is 34.6 Å². The van der Waals surface area contributed by atoms with E-state index < -0.39 is 5.82 Å². The van der Waals surface area contributed by atoms with Gasteiger partial charge in [0.15, 0.2) is 0 Å². The first-order chi connectivity index (χ1) is 6.69. The third-order valence-corrected chi connectivity index (χ3v) is 2.47. The highest BCUT2D eigenvalue weighted by atomic mass is 35.5. The van der Waals surface area contributed by atoms with Gasteiger partial charge in [-0.2, -0.15) is 0 Å². The Balaban J connectivity index is 2.88. The van der Waals surface area contributed by atoms with Gasteiger partial charge in [-0.1, -0.05) is 17.7 Å². The number of aliphatic hydroxyl groups is 1. The van der Waals surface area contributed by atoms with E-state index in [0.29, 0.717) is 13.0 Å². The number of halogens is 2. The van der Waals surface area contributed by atoms with Crippen LogP contribution in [0, 0.1) is 5.82 Å². The molecule has 0 aromatic heterocycles. The van der Waals surface area contributed by atoms with Crippen molar-refractivity contribution in [2.75, 3.05) is 13.2 Å². The van der Waals surface area contributed by atoms with Gasteiger partial charge in [0.05, 0.1) is 5.02 Å². The van der Waals surface area contributed by atoms with Crippen LogP contribution < -0.4 is 5.73 Å². The molecular weight excluding hydrogens is 205 g/mol. The van der Waals surface area contributed by atoms with Crippen LogP contribution in [0.2, 0.25) is 5.02 Å². The first kappa shape index (κ1) is 11.4. The molecule has 1 atom stereocenters. The van der Waals surface area contributed by atoms with Crippen LogP contribution >= 0.6 is 11.6 Å². The van der Waals surface area contributed by atoms with Crippen LogP contribution in [-0.4, -0.2) is 18.3 Å². The number of nitrogens with two attached hydrogens (primary N) is 1. The van der Waals surface area contributed by atoms with Crippen LogP contribution in [0.3, 0.4) is 0 Å². The van der Waals surface area contributed by atoms with Crippen LogP contribution in [0.25, 0.3) is 0 Å². The SMILES string of the molecule is NCC(CCO)c1ccc(F)c(Cl)c1. The molecule has 0 fully saturated rings. The molecule has 0 aliphatic rings. The smallest absolute Gasteiger partial charge is 0.141 e. The van der Waals surface area contributed by atoms with Gasteiger partial charge in [0.25, 0.3) is 0 Å². The second kappa shape index (κ2) is 5.29. The van der Waals surface area contributed by atoms with E-state index in [0.717, 1.165) is 5.56 Å². The largest absolute Gasteiger partial charge is 0.396 e. The van der Waals surface area contributed by atoms with Crippen molar-refractivity contribution in [3.63, 3.8) is 0 Å². The van der Waals surface area contributed by atoms with E-state index in [9.17, 15) is 4.39 Å². The minimum absolute atomic E-state index is 0.0399. The van der Waals surface area contributed by atoms with Crippen molar-refractivity contribution in [2.24, 2.45) is 5.73 Å². The predicted molar refractivity (Wildman–Crippen MR) is 54.9 cm³/mol. The maximum atomic E-state index is 12.8. The van der Waals surface area contributed by atoms with Crippen molar-refractivity contribution in [3.8, 4) is 0 Å². The lowest BCUT2D eigenvalue weighted by molar-refractivity contribution is 0.276. The highest BCUT2D eigenvalue weighted by Gasteiger charge is 2.10. The number of hydrogen-bond donors (Lipinski definition) is 2. The number of rotatable bonds is 4. The van der Waals surface area contributed by atoms with Gasteiger partial charge >= 0.3 is 0 Å². The summed E-state index contributed by atoms with van der Waals surface area (Å²) in [4.78, 5) is 0. The van der Waals surface area contributed by atoms with Crippen LogP contribution in [-0.2, 0) is 0 Å². The lowest BCUT2D eigenvalue weighted by Crippen LogP contribution is -2.13. The summed E-state index contributed by atoms with van der Waals surface area (Å²) < 4.78 is 12.8. The lowest BCUT2D eigenvalue weighted by Gasteiger charge is -2.13. The Kier molecular flexibility index (Phi) is 4.32. The maximum absolute atomic E-state index is 12.8. The topological polar surface area (TPSA) is 46.2 Å². The molecule has 2 nitrogen and oxygen atoms in total. The number of benzene rings is 1. The van der Waals surface area contributed by atoms with Crippen LogP contribution in [0.5, 0.6) is 0 Å². The van der Waals surface area contributed by atoms with Gasteiger partial charge in [-0.05, 0) is 36.6 Å². The first-order valence-electron chi connectivity index (χ1n) is 4.45. The molecule has 0 aliphatic carbocycles.